The Hall–Kier alpha value is -4.92. The van der Waals surface area contributed by atoms with E-state index in [2.05, 4.69) is 27.1 Å². The molecule has 2 aromatic carbocycles. The van der Waals surface area contributed by atoms with Crippen LogP contribution in [0.5, 0.6) is 5.75 Å². The van der Waals surface area contributed by atoms with Gasteiger partial charge in [0.25, 0.3) is 5.91 Å². The molecule has 1 saturated heterocycles. The number of cyclic esters (lactones) is 1. The second kappa shape index (κ2) is 13.8. The minimum absolute atomic E-state index is 0.00411. The van der Waals surface area contributed by atoms with Gasteiger partial charge in [-0.15, -0.1) is 6.58 Å². The molecule has 5 atom stereocenters. The Morgan fingerprint density at radius 3 is 2.40 bits per heavy atom. The molecule has 53 heavy (non-hydrogen) atoms. The van der Waals surface area contributed by atoms with Crippen molar-refractivity contribution in [2.45, 2.75) is 88.3 Å². The Kier molecular flexibility index (Phi) is 9.49. The topological polar surface area (TPSA) is 182 Å². The molecule has 2 aromatic rings. The Morgan fingerprint density at radius 1 is 1.02 bits per heavy atom. The second-order valence-corrected chi connectivity index (χ2v) is 17.4. The summed E-state index contributed by atoms with van der Waals surface area (Å²) in [6, 6.07) is 11.3. The van der Waals surface area contributed by atoms with E-state index >= 15 is 0 Å². The van der Waals surface area contributed by atoms with Gasteiger partial charge in [-0.2, -0.15) is 0 Å². The highest BCUT2D eigenvalue weighted by Gasteiger charge is 2.62. The minimum atomic E-state index is -3.90. The zero-order valence-electron chi connectivity index (χ0n) is 30.1. The number of sulfonamides is 1. The van der Waals surface area contributed by atoms with Gasteiger partial charge in [0.05, 0.1) is 25.0 Å². The summed E-state index contributed by atoms with van der Waals surface area (Å²) in [6.07, 6.45) is 2.16. The van der Waals surface area contributed by atoms with Gasteiger partial charge < -0.3 is 29.8 Å². The van der Waals surface area contributed by atoms with Crippen LogP contribution in [0.15, 0.2) is 60.3 Å². The minimum Gasteiger partial charge on any atom is -0.494 e. The molecule has 3 fully saturated rings. The van der Waals surface area contributed by atoms with Crippen LogP contribution in [0.3, 0.4) is 0 Å². The highest BCUT2D eigenvalue weighted by atomic mass is 32.2. The van der Waals surface area contributed by atoms with Gasteiger partial charge in [-0.25, -0.2) is 13.2 Å². The molecule has 3 unspecified atom stereocenters. The van der Waals surface area contributed by atoms with E-state index in [-0.39, 0.29) is 26.0 Å². The van der Waals surface area contributed by atoms with Gasteiger partial charge in [-0.05, 0) is 66.8 Å². The van der Waals surface area contributed by atoms with Crippen LogP contribution in [-0.4, -0.2) is 91.6 Å². The van der Waals surface area contributed by atoms with Gasteiger partial charge in [0.15, 0.2) is 0 Å². The van der Waals surface area contributed by atoms with E-state index in [0.717, 1.165) is 22.3 Å². The Morgan fingerprint density at radius 2 is 1.72 bits per heavy atom. The third-order valence-corrected chi connectivity index (χ3v) is 12.3. The summed E-state index contributed by atoms with van der Waals surface area (Å²) >= 11 is 0. The summed E-state index contributed by atoms with van der Waals surface area (Å²) in [6.45, 7) is 9.58. The molecule has 0 radical (unpaired) electrons. The van der Waals surface area contributed by atoms with Crippen molar-refractivity contribution in [1.82, 2.24) is 20.3 Å². The van der Waals surface area contributed by atoms with Crippen LogP contribution >= 0.6 is 0 Å². The monoisotopic (exact) mass is 747 g/mol. The summed E-state index contributed by atoms with van der Waals surface area (Å²) in [4.78, 5) is 62.7. The molecule has 0 spiro atoms. The van der Waals surface area contributed by atoms with Gasteiger partial charge in [0, 0.05) is 23.5 Å². The molecular formula is C38H45N5O9S. The van der Waals surface area contributed by atoms with Crippen molar-refractivity contribution >= 4 is 39.5 Å². The van der Waals surface area contributed by atoms with Crippen LogP contribution < -0.4 is 20.1 Å². The molecular weight excluding hydrogens is 703 g/mol. The van der Waals surface area contributed by atoms with Gasteiger partial charge in [-0.3, -0.25) is 19.1 Å². The van der Waals surface area contributed by atoms with Crippen molar-refractivity contribution in [1.29, 1.82) is 0 Å². The number of benzene rings is 2. The molecule has 4 bridgehead atoms. The van der Waals surface area contributed by atoms with Gasteiger partial charge in [-0.1, -0.05) is 56.3 Å². The van der Waals surface area contributed by atoms with Gasteiger partial charge in [0.1, 0.15) is 35.2 Å². The summed E-state index contributed by atoms with van der Waals surface area (Å²) in [5.41, 5.74) is 1.83. The molecule has 7 rings (SSSR count). The van der Waals surface area contributed by atoms with Gasteiger partial charge >= 0.3 is 6.09 Å². The maximum Gasteiger partial charge on any atom is 0.407 e. The quantitative estimate of drug-likeness (QED) is 0.319. The highest BCUT2D eigenvalue weighted by Crippen LogP contribution is 2.46. The first kappa shape index (κ1) is 36.4. The third-order valence-electron chi connectivity index (χ3n) is 10.5. The number of nitrogens with one attached hydrogen (secondary N) is 3. The zero-order chi connectivity index (χ0) is 37.7. The van der Waals surface area contributed by atoms with E-state index in [1.54, 1.807) is 20.8 Å². The molecule has 2 heterocycles. The van der Waals surface area contributed by atoms with Crippen molar-refractivity contribution in [2.75, 3.05) is 19.8 Å². The summed E-state index contributed by atoms with van der Waals surface area (Å²) in [5, 5.41) is 9.48. The lowest BCUT2D eigenvalue weighted by molar-refractivity contribution is -0.143. The number of alkyl carbamates (subject to hydrolysis) is 1. The second-order valence-electron chi connectivity index (χ2n) is 15.5. The fraction of sp³-hybridized carbons (Fsp3) is 0.500. The smallest absolute Gasteiger partial charge is 0.407 e. The average Bonchev–Trinajstić information content (AvgIpc) is 4.03. The van der Waals surface area contributed by atoms with Crippen molar-refractivity contribution in [3.8, 4) is 16.9 Å². The Bertz CT molecular complexity index is 1990. The number of amides is 4. The predicted molar refractivity (Wildman–Crippen MR) is 194 cm³/mol. The predicted octanol–water partition coefficient (Wildman–Crippen LogP) is 3.39. The van der Waals surface area contributed by atoms with Crippen LogP contribution in [0.2, 0.25) is 0 Å². The third kappa shape index (κ3) is 7.22. The van der Waals surface area contributed by atoms with E-state index in [1.807, 2.05) is 42.5 Å². The zero-order valence-corrected chi connectivity index (χ0v) is 30.9. The molecule has 2 aliphatic heterocycles. The van der Waals surface area contributed by atoms with E-state index in [0.29, 0.717) is 43.8 Å². The SMILES string of the molecule is C=C[C@@H]1CC1(NC(=O)C1CC2CN1C(=O)[C@H](C(C)(C)C)NC(=O)OCCCCOc1ccc3c(c1)/C(=N/O2)c1ccccc1-3)C(=O)NS(=O)(=O)C1CC1. The van der Waals surface area contributed by atoms with E-state index in [4.69, 9.17) is 14.3 Å². The van der Waals surface area contributed by atoms with Crippen molar-refractivity contribution < 1.29 is 41.9 Å². The first-order chi connectivity index (χ1) is 25.2. The van der Waals surface area contributed by atoms with Crippen molar-refractivity contribution in [2.24, 2.45) is 16.5 Å². The summed E-state index contributed by atoms with van der Waals surface area (Å²) in [5.74, 6) is -1.94. The standard InChI is InChI=1S/C38H45N5O9S/c1-5-22-20-38(22,35(46)42-53(48,49)25-13-14-25)40-33(44)30-19-24-21-43(30)34(45)32(37(2,3)4)39-36(47)51-17-9-8-16-50-23-12-15-27-26-10-6-7-11-28(26)31(41-52-24)29(27)18-23/h5-7,10-12,15,18,22,24-25,30,32H,1,8-9,13-14,16-17,19-21H2,2-4H3,(H,39,47)(H,40,44)(H,42,46)/b41-31+/t22-,24?,30?,32-,38?/m1/s1. The normalized spacial score (nSPS) is 28.2. The molecule has 3 aliphatic carbocycles. The Balaban J connectivity index is 1.21. The number of hydrogen-bond donors (Lipinski definition) is 3. The molecule has 5 aliphatic rings. The first-order valence-corrected chi connectivity index (χ1v) is 19.6. The maximum absolute atomic E-state index is 14.5. The molecule has 2 saturated carbocycles. The lowest BCUT2D eigenvalue weighted by Gasteiger charge is -2.35. The fourth-order valence-electron chi connectivity index (χ4n) is 7.26. The highest BCUT2D eigenvalue weighted by molar-refractivity contribution is 7.91. The van der Waals surface area contributed by atoms with Crippen LogP contribution in [0.4, 0.5) is 4.79 Å². The number of rotatable bonds is 6. The van der Waals surface area contributed by atoms with Crippen LogP contribution in [0.25, 0.3) is 11.1 Å². The number of ether oxygens (including phenoxy) is 2. The van der Waals surface area contributed by atoms with Crippen molar-refractivity contribution in [3.63, 3.8) is 0 Å². The number of carbonyl (C=O) groups is 4. The van der Waals surface area contributed by atoms with Crippen LogP contribution in [-0.2, 0) is 34.0 Å². The number of carbonyl (C=O) groups excluding carboxylic acids is 4. The molecule has 0 aromatic heterocycles. The number of oxime groups is 1. The number of nitrogens with zero attached hydrogens (tertiary/aromatic N) is 2. The lowest BCUT2D eigenvalue weighted by atomic mass is 9.85. The van der Waals surface area contributed by atoms with E-state index < -0.39 is 74.1 Å². The largest absolute Gasteiger partial charge is 0.494 e. The fourth-order valence-corrected chi connectivity index (χ4v) is 8.62. The molecule has 3 N–H and O–H groups in total. The lowest BCUT2D eigenvalue weighted by Crippen LogP contribution is -2.60. The summed E-state index contributed by atoms with van der Waals surface area (Å²) in [7, 11) is -3.90. The molecule has 4 amide bonds. The van der Waals surface area contributed by atoms with Crippen LogP contribution in [0.1, 0.15) is 70.4 Å². The van der Waals surface area contributed by atoms with Crippen LogP contribution in [0, 0.1) is 11.3 Å². The Labute approximate surface area is 308 Å². The van der Waals surface area contributed by atoms with Crippen molar-refractivity contribution in [3.05, 3.63) is 66.2 Å². The first-order valence-electron chi connectivity index (χ1n) is 18.1. The number of fused-ring (bicyclic) bond motifs is 6. The van der Waals surface area contributed by atoms with E-state index in [9.17, 15) is 27.6 Å². The molecule has 15 heteroatoms. The molecule has 14 nitrogen and oxygen atoms in total. The average molecular weight is 748 g/mol. The maximum atomic E-state index is 14.5. The molecule has 282 valence electrons. The van der Waals surface area contributed by atoms with E-state index in [1.165, 1.54) is 11.0 Å². The number of hydrogen-bond acceptors (Lipinski definition) is 10. The summed E-state index contributed by atoms with van der Waals surface area (Å²) < 4.78 is 39.0. The van der Waals surface area contributed by atoms with Gasteiger partial charge in [0.2, 0.25) is 21.8 Å².